The summed E-state index contributed by atoms with van der Waals surface area (Å²) < 4.78 is 6.01. The average molecular weight is 340 g/mol. The average Bonchev–Trinajstić information content (AvgIpc) is 3.02. The third kappa shape index (κ3) is 3.71. The summed E-state index contributed by atoms with van der Waals surface area (Å²) in [7, 11) is 3.76. The summed E-state index contributed by atoms with van der Waals surface area (Å²) in [6.45, 7) is 5.64. The van der Waals surface area contributed by atoms with Crippen LogP contribution >= 0.6 is 0 Å². The molecule has 25 heavy (non-hydrogen) atoms. The minimum atomic E-state index is 0.0956. The predicted molar refractivity (Wildman–Crippen MR) is 99.3 cm³/mol. The van der Waals surface area contributed by atoms with Crippen molar-refractivity contribution in [2.24, 2.45) is 0 Å². The summed E-state index contributed by atoms with van der Waals surface area (Å²) in [5, 5.41) is 1.11. The fourth-order valence-electron chi connectivity index (χ4n) is 2.79. The van der Waals surface area contributed by atoms with Gasteiger partial charge in [0, 0.05) is 19.5 Å². The number of nitrogens with zero attached hydrogens (tertiary/aromatic N) is 5. The summed E-state index contributed by atoms with van der Waals surface area (Å²) >= 11 is 0. The van der Waals surface area contributed by atoms with E-state index < -0.39 is 0 Å². The standard InChI is InChI=1S/C18H24N6O/c1-5-24(11-16-20-17(19)22-18(21-16)23(3)4)12(2)15-10-13-8-6-7-9-14(13)25-15/h6-10,12H,5,11H2,1-4H3,(H2,19,20,21,22)/t12-/m1/s1. The van der Waals surface area contributed by atoms with Gasteiger partial charge in [-0.15, -0.1) is 0 Å². The Labute approximate surface area is 147 Å². The lowest BCUT2D eigenvalue weighted by Crippen LogP contribution is -2.28. The van der Waals surface area contributed by atoms with Crippen molar-refractivity contribution in [3.63, 3.8) is 0 Å². The zero-order valence-corrected chi connectivity index (χ0v) is 15.1. The van der Waals surface area contributed by atoms with E-state index in [1.807, 2.05) is 37.2 Å². The first-order valence-electron chi connectivity index (χ1n) is 8.38. The Morgan fingerprint density at radius 2 is 1.92 bits per heavy atom. The first-order valence-corrected chi connectivity index (χ1v) is 8.38. The van der Waals surface area contributed by atoms with Crippen molar-refractivity contribution < 1.29 is 4.42 Å². The molecule has 2 N–H and O–H groups in total. The molecule has 132 valence electrons. The normalized spacial score (nSPS) is 12.7. The van der Waals surface area contributed by atoms with E-state index >= 15 is 0 Å². The van der Waals surface area contributed by atoms with Gasteiger partial charge in [0.25, 0.3) is 0 Å². The molecular weight excluding hydrogens is 316 g/mol. The van der Waals surface area contributed by atoms with Crippen molar-refractivity contribution in [3.05, 3.63) is 41.9 Å². The zero-order valence-electron chi connectivity index (χ0n) is 15.1. The summed E-state index contributed by atoms with van der Waals surface area (Å²) in [5.74, 6) is 2.38. The number of nitrogen functional groups attached to an aromatic ring is 1. The second-order valence-corrected chi connectivity index (χ2v) is 6.23. The molecule has 0 aliphatic carbocycles. The molecule has 0 aliphatic heterocycles. The maximum Gasteiger partial charge on any atom is 0.229 e. The van der Waals surface area contributed by atoms with Crippen molar-refractivity contribution in [2.75, 3.05) is 31.3 Å². The SMILES string of the molecule is CCN(Cc1nc(N)nc(N(C)C)n1)[C@H](C)c1cc2ccccc2o1. The number of fused-ring (bicyclic) bond motifs is 1. The quantitative estimate of drug-likeness (QED) is 0.738. The van der Waals surface area contributed by atoms with Crippen LogP contribution in [0.4, 0.5) is 11.9 Å². The molecule has 7 nitrogen and oxygen atoms in total. The Morgan fingerprint density at radius 3 is 2.60 bits per heavy atom. The lowest BCUT2D eigenvalue weighted by atomic mass is 10.2. The van der Waals surface area contributed by atoms with Gasteiger partial charge in [-0.3, -0.25) is 4.90 Å². The van der Waals surface area contributed by atoms with Gasteiger partial charge in [0.05, 0.1) is 12.6 Å². The smallest absolute Gasteiger partial charge is 0.229 e. The molecule has 1 atom stereocenters. The van der Waals surface area contributed by atoms with Crippen LogP contribution in [0.2, 0.25) is 0 Å². The summed E-state index contributed by atoms with van der Waals surface area (Å²) in [6, 6.07) is 10.2. The molecule has 2 aromatic heterocycles. The van der Waals surface area contributed by atoms with E-state index in [9.17, 15) is 0 Å². The molecule has 1 aromatic carbocycles. The molecule has 0 aliphatic rings. The van der Waals surface area contributed by atoms with Crippen LogP contribution in [-0.2, 0) is 6.54 Å². The van der Waals surface area contributed by atoms with Crippen LogP contribution in [0.5, 0.6) is 0 Å². The Hall–Kier alpha value is -2.67. The van der Waals surface area contributed by atoms with E-state index in [1.54, 1.807) is 0 Å². The van der Waals surface area contributed by atoms with E-state index in [1.165, 1.54) is 0 Å². The lowest BCUT2D eigenvalue weighted by molar-refractivity contribution is 0.187. The molecule has 0 unspecified atom stereocenters. The van der Waals surface area contributed by atoms with Crippen LogP contribution in [-0.4, -0.2) is 40.5 Å². The van der Waals surface area contributed by atoms with Crippen LogP contribution in [0.25, 0.3) is 11.0 Å². The Balaban J connectivity index is 1.84. The van der Waals surface area contributed by atoms with Gasteiger partial charge in [-0.1, -0.05) is 25.1 Å². The number of hydrogen-bond acceptors (Lipinski definition) is 7. The Kier molecular flexibility index (Phi) is 4.85. The molecule has 3 rings (SSSR count). The molecule has 0 fully saturated rings. The highest BCUT2D eigenvalue weighted by Crippen LogP contribution is 2.28. The van der Waals surface area contributed by atoms with Crippen LogP contribution in [0.1, 0.15) is 31.5 Å². The lowest BCUT2D eigenvalue weighted by Gasteiger charge is -2.25. The van der Waals surface area contributed by atoms with Crippen molar-refractivity contribution in [3.8, 4) is 0 Å². The molecule has 0 amide bonds. The molecular formula is C18H24N6O. The number of furan rings is 1. The van der Waals surface area contributed by atoms with E-state index in [-0.39, 0.29) is 12.0 Å². The highest BCUT2D eigenvalue weighted by molar-refractivity contribution is 5.77. The molecule has 0 saturated heterocycles. The monoisotopic (exact) mass is 340 g/mol. The minimum absolute atomic E-state index is 0.0956. The number of anilines is 2. The van der Waals surface area contributed by atoms with Crippen LogP contribution < -0.4 is 10.6 Å². The van der Waals surface area contributed by atoms with Gasteiger partial charge in [0.2, 0.25) is 11.9 Å². The van der Waals surface area contributed by atoms with Crippen molar-refractivity contribution in [1.82, 2.24) is 19.9 Å². The van der Waals surface area contributed by atoms with Gasteiger partial charge in [-0.2, -0.15) is 15.0 Å². The number of hydrogen-bond donors (Lipinski definition) is 1. The van der Waals surface area contributed by atoms with Gasteiger partial charge < -0.3 is 15.1 Å². The fourth-order valence-corrected chi connectivity index (χ4v) is 2.79. The minimum Gasteiger partial charge on any atom is -0.459 e. The Bertz CT molecular complexity index is 827. The van der Waals surface area contributed by atoms with E-state index in [0.717, 1.165) is 23.3 Å². The van der Waals surface area contributed by atoms with Gasteiger partial charge in [-0.05, 0) is 25.6 Å². The number of para-hydroxylation sites is 1. The van der Waals surface area contributed by atoms with Crippen molar-refractivity contribution in [1.29, 1.82) is 0 Å². The second-order valence-electron chi connectivity index (χ2n) is 6.23. The predicted octanol–water partition coefficient (Wildman–Crippen LogP) is 2.85. The molecule has 2 heterocycles. The maximum absolute atomic E-state index is 6.01. The number of rotatable bonds is 6. The molecule has 0 radical (unpaired) electrons. The van der Waals surface area contributed by atoms with Gasteiger partial charge in [0.1, 0.15) is 17.2 Å². The van der Waals surface area contributed by atoms with Crippen LogP contribution in [0, 0.1) is 0 Å². The highest BCUT2D eigenvalue weighted by Gasteiger charge is 2.20. The van der Waals surface area contributed by atoms with Crippen LogP contribution in [0.15, 0.2) is 34.7 Å². The van der Waals surface area contributed by atoms with Crippen LogP contribution in [0.3, 0.4) is 0 Å². The highest BCUT2D eigenvalue weighted by atomic mass is 16.3. The molecule has 7 heteroatoms. The second kappa shape index (κ2) is 7.06. The fraction of sp³-hybridized carbons (Fsp3) is 0.389. The number of aromatic nitrogens is 3. The van der Waals surface area contributed by atoms with Crippen molar-refractivity contribution in [2.45, 2.75) is 26.4 Å². The van der Waals surface area contributed by atoms with E-state index in [4.69, 9.17) is 10.2 Å². The molecule has 0 spiro atoms. The maximum atomic E-state index is 6.01. The van der Waals surface area contributed by atoms with E-state index in [2.05, 4.69) is 45.8 Å². The topological polar surface area (TPSA) is 84.3 Å². The molecule has 3 aromatic rings. The third-order valence-electron chi connectivity index (χ3n) is 4.24. The number of nitrogens with two attached hydrogens (primary N) is 1. The summed E-state index contributed by atoms with van der Waals surface area (Å²) in [5.41, 5.74) is 6.73. The van der Waals surface area contributed by atoms with Gasteiger partial charge in [-0.25, -0.2) is 0 Å². The first-order chi connectivity index (χ1) is 12.0. The number of benzene rings is 1. The van der Waals surface area contributed by atoms with E-state index in [0.29, 0.717) is 18.3 Å². The Morgan fingerprint density at radius 1 is 1.16 bits per heavy atom. The van der Waals surface area contributed by atoms with Gasteiger partial charge >= 0.3 is 0 Å². The first kappa shape index (κ1) is 17.2. The molecule has 0 bridgehead atoms. The largest absolute Gasteiger partial charge is 0.459 e. The van der Waals surface area contributed by atoms with Gasteiger partial charge in [0.15, 0.2) is 0 Å². The summed E-state index contributed by atoms with van der Waals surface area (Å²) in [6.07, 6.45) is 0. The third-order valence-corrected chi connectivity index (χ3v) is 4.24. The summed E-state index contributed by atoms with van der Waals surface area (Å²) in [4.78, 5) is 17.0. The van der Waals surface area contributed by atoms with Crippen molar-refractivity contribution >= 4 is 22.9 Å². The zero-order chi connectivity index (χ0) is 18.0. The molecule has 0 saturated carbocycles.